The highest BCUT2D eigenvalue weighted by Gasteiger charge is 2.13. The minimum atomic E-state index is 0.668. The number of aryl methyl sites for hydroxylation is 2. The molecule has 0 amide bonds. The Labute approximate surface area is 135 Å². The monoisotopic (exact) mass is 312 g/mol. The molecule has 0 atom stereocenters. The van der Waals surface area contributed by atoms with Crippen molar-refractivity contribution in [2.24, 2.45) is 0 Å². The fourth-order valence-corrected chi connectivity index (χ4v) is 3.08. The molecule has 0 saturated carbocycles. The lowest BCUT2D eigenvalue weighted by atomic mass is 10.1. The van der Waals surface area contributed by atoms with Gasteiger partial charge in [-0.05, 0) is 43.8 Å². The molecule has 1 aromatic carbocycles. The molecule has 0 fully saturated rings. The first-order valence-electron chi connectivity index (χ1n) is 7.42. The molecule has 0 aliphatic heterocycles. The third kappa shape index (κ3) is 2.52. The molecule has 0 aliphatic carbocycles. The normalized spacial score (nSPS) is 11.0. The zero-order valence-electron chi connectivity index (χ0n) is 13.1. The average molecular weight is 312 g/mol. The Morgan fingerprint density at radius 3 is 2.82 bits per heavy atom. The van der Waals surface area contributed by atoms with Gasteiger partial charge in [0.15, 0.2) is 5.11 Å². The number of fused-ring (bicyclic) bond motifs is 3. The summed E-state index contributed by atoms with van der Waals surface area (Å²) >= 11 is 5.14. The van der Waals surface area contributed by atoms with Gasteiger partial charge in [-0.3, -0.25) is 0 Å². The van der Waals surface area contributed by atoms with Crippen LogP contribution in [0.15, 0.2) is 30.3 Å². The fraction of sp³-hybridized carbons (Fsp3) is 0.294. The molecular formula is C17H20N4S. The molecule has 0 unspecified atom stereocenters. The molecule has 0 bridgehead atoms. The molecule has 22 heavy (non-hydrogen) atoms. The molecular weight excluding hydrogens is 292 g/mol. The van der Waals surface area contributed by atoms with E-state index in [4.69, 9.17) is 17.2 Å². The third-order valence-electron chi connectivity index (χ3n) is 3.89. The quantitative estimate of drug-likeness (QED) is 0.730. The van der Waals surface area contributed by atoms with Gasteiger partial charge in [-0.25, -0.2) is 4.98 Å². The number of benzene rings is 1. The van der Waals surface area contributed by atoms with Crippen molar-refractivity contribution in [2.75, 3.05) is 13.6 Å². The number of rotatable bonds is 3. The Hall–Kier alpha value is -2.14. The summed E-state index contributed by atoms with van der Waals surface area (Å²) in [5.74, 6) is 0. The van der Waals surface area contributed by atoms with E-state index in [1.807, 2.05) is 14.0 Å². The number of hydrogen-bond donors (Lipinski definition) is 2. The summed E-state index contributed by atoms with van der Waals surface area (Å²) in [7, 11) is 1.82. The van der Waals surface area contributed by atoms with Gasteiger partial charge in [-0.1, -0.05) is 18.2 Å². The lowest BCUT2D eigenvalue weighted by Gasteiger charge is -2.10. The van der Waals surface area contributed by atoms with Gasteiger partial charge >= 0.3 is 0 Å². The van der Waals surface area contributed by atoms with Crippen molar-refractivity contribution in [3.8, 4) is 0 Å². The molecule has 2 N–H and O–H groups in total. The molecule has 0 radical (unpaired) electrons. The van der Waals surface area contributed by atoms with E-state index in [0.717, 1.165) is 24.4 Å². The van der Waals surface area contributed by atoms with Crippen molar-refractivity contribution in [1.29, 1.82) is 0 Å². The van der Waals surface area contributed by atoms with Gasteiger partial charge in [-0.15, -0.1) is 0 Å². The van der Waals surface area contributed by atoms with Crippen LogP contribution in [0.4, 0.5) is 0 Å². The number of para-hydroxylation sites is 1. The van der Waals surface area contributed by atoms with Gasteiger partial charge < -0.3 is 15.2 Å². The number of hydrogen-bond acceptors (Lipinski definition) is 2. The molecule has 0 saturated heterocycles. The van der Waals surface area contributed by atoms with Gasteiger partial charge in [0.25, 0.3) is 0 Å². The second-order valence-electron chi connectivity index (χ2n) is 5.45. The lowest BCUT2D eigenvalue weighted by Crippen LogP contribution is -2.34. The Bertz CT molecular complexity index is 851. The van der Waals surface area contributed by atoms with Crippen LogP contribution in [0.5, 0.6) is 0 Å². The maximum Gasteiger partial charge on any atom is 0.166 e. The predicted octanol–water partition coefficient (Wildman–Crippen LogP) is 2.90. The summed E-state index contributed by atoms with van der Waals surface area (Å²) in [5.41, 5.74) is 4.59. The maximum atomic E-state index is 5.14. The molecule has 3 aromatic rings. The SMILES string of the molecule is CNC(=S)NCCn1c2ccccc2c2c(C)cc(C)nc21. The van der Waals surface area contributed by atoms with Crippen LogP contribution in [-0.2, 0) is 6.54 Å². The Morgan fingerprint density at radius 2 is 2.05 bits per heavy atom. The van der Waals surface area contributed by atoms with Crippen LogP contribution in [-0.4, -0.2) is 28.3 Å². The van der Waals surface area contributed by atoms with Gasteiger partial charge in [0.2, 0.25) is 0 Å². The van der Waals surface area contributed by atoms with Crippen molar-refractivity contribution in [3.05, 3.63) is 41.6 Å². The van der Waals surface area contributed by atoms with Crippen molar-refractivity contribution in [3.63, 3.8) is 0 Å². The van der Waals surface area contributed by atoms with Crippen LogP contribution in [0.2, 0.25) is 0 Å². The number of pyridine rings is 1. The summed E-state index contributed by atoms with van der Waals surface area (Å²) < 4.78 is 2.27. The molecule has 114 valence electrons. The zero-order valence-corrected chi connectivity index (χ0v) is 13.9. The molecule has 2 aromatic heterocycles. The summed E-state index contributed by atoms with van der Waals surface area (Å²) in [5, 5.41) is 9.31. The number of nitrogens with zero attached hydrogens (tertiary/aromatic N) is 2. The van der Waals surface area contributed by atoms with E-state index in [9.17, 15) is 0 Å². The molecule has 3 rings (SSSR count). The topological polar surface area (TPSA) is 41.9 Å². The smallest absolute Gasteiger partial charge is 0.166 e. The van der Waals surface area contributed by atoms with Crippen molar-refractivity contribution in [2.45, 2.75) is 20.4 Å². The predicted molar refractivity (Wildman–Crippen MR) is 96.4 cm³/mol. The van der Waals surface area contributed by atoms with Gasteiger partial charge in [0, 0.05) is 36.6 Å². The average Bonchev–Trinajstić information content (AvgIpc) is 2.81. The highest BCUT2D eigenvalue weighted by atomic mass is 32.1. The first-order valence-corrected chi connectivity index (χ1v) is 7.83. The van der Waals surface area contributed by atoms with Crippen molar-refractivity contribution in [1.82, 2.24) is 20.2 Å². The maximum absolute atomic E-state index is 5.14. The minimum absolute atomic E-state index is 0.668. The molecule has 2 heterocycles. The molecule has 0 spiro atoms. The van der Waals surface area contributed by atoms with E-state index in [0.29, 0.717) is 5.11 Å². The number of nitrogens with one attached hydrogen (secondary N) is 2. The van der Waals surface area contributed by atoms with Crippen molar-refractivity contribution < 1.29 is 0 Å². The van der Waals surface area contributed by atoms with E-state index < -0.39 is 0 Å². The van der Waals surface area contributed by atoms with Gasteiger partial charge in [-0.2, -0.15) is 0 Å². The van der Waals surface area contributed by atoms with Crippen molar-refractivity contribution >= 4 is 39.3 Å². The summed E-state index contributed by atoms with van der Waals surface area (Å²) in [6, 6.07) is 10.6. The zero-order chi connectivity index (χ0) is 15.7. The summed E-state index contributed by atoms with van der Waals surface area (Å²) in [6.07, 6.45) is 0. The molecule has 4 nitrogen and oxygen atoms in total. The number of thiocarbonyl (C=S) groups is 1. The second-order valence-corrected chi connectivity index (χ2v) is 5.86. The van der Waals surface area contributed by atoms with E-state index in [2.05, 4.69) is 52.5 Å². The summed E-state index contributed by atoms with van der Waals surface area (Å²) in [6.45, 7) is 5.79. The Kier molecular flexibility index (Phi) is 3.98. The van der Waals surface area contributed by atoms with Crippen LogP contribution in [0, 0.1) is 13.8 Å². The molecule has 5 heteroatoms. The van der Waals surface area contributed by atoms with Gasteiger partial charge in [0.1, 0.15) is 5.65 Å². The Balaban J connectivity index is 2.11. The lowest BCUT2D eigenvalue weighted by molar-refractivity contribution is 0.704. The number of aromatic nitrogens is 2. The first-order chi connectivity index (χ1) is 10.6. The van der Waals surface area contributed by atoms with Crippen LogP contribution in [0.3, 0.4) is 0 Å². The van der Waals surface area contributed by atoms with Crippen LogP contribution >= 0.6 is 12.2 Å². The first kappa shape index (κ1) is 14.8. The highest BCUT2D eigenvalue weighted by molar-refractivity contribution is 7.80. The third-order valence-corrected chi connectivity index (χ3v) is 4.24. The van der Waals surface area contributed by atoms with Crippen LogP contribution in [0.25, 0.3) is 21.9 Å². The fourth-order valence-electron chi connectivity index (χ4n) is 2.98. The van der Waals surface area contributed by atoms with E-state index >= 15 is 0 Å². The van der Waals surface area contributed by atoms with E-state index in [1.54, 1.807) is 0 Å². The van der Waals surface area contributed by atoms with E-state index in [-0.39, 0.29) is 0 Å². The van der Waals surface area contributed by atoms with E-state index in [1.165, 1.54) is 21.9 Å². The van der Waals surface area contributed by atoms with Crippen LogP contribution < -0.4 is 10.6 Å². The highest BCUT2D eigenvalue weighted by Crippen LogP contribution is 2.30. The van der Waals surface area contributed by atoms with Crippen LogP contribution in [0.1, 0.15) is 11.3 Å². The largest absolute Gasteiger partial charge is 0.366 e. The molecule has 0 aliphatic rings. The summed E-state index contributed by atoms with van der Waals surface area (Å²) in [4.78, 5) is 4.78. The van der Waals surface area contributed by atoms with Gasteiger partial charge in [0.05, 0.1) is 5.52 Å². The second kappa shape index (κ2) is 5.93. The minimum Gasteiger partial charge on any atom is -0.366 e. The standard InChI is InChI=1S/C17H20N4S/c1-11-10-12(2)20-16-15(11)13-6-4-5-7-14(13)21(16)9-8-19-17(22)18-3/h4-7,10H,8-9H2,1-3H3,(H2,18,19,22). The Morgan fingerprint density at radius 1 is 1.27 bits per heavy atom.